The summed E-state index contributed by atoms with van der Waals surface area (Å²) in [5.74, 6) is -0.0614. The van der Waals surface area contributed by atoms with E-state index < -0.39 is 5.63 Å². The predicted molar refractivity (Wildman–Crippen MR) is 97.3 cm³/mol. The van der Waals surface area contributed by atoms with Gasteiger partial charge < -0.3 is 19.2 Å². The fourth-order valence-electron chi connectivity index (χ4n) is 3.78. The number of benzene rings is 1. The van der Waals surface area contributed by atoms with E-state index in [1.165, 1.54) is 17.0 Å². The van der Waals surface area contributed by atoms with Crippen molar-refractivity contribution in [3.05, 3.63) is 39.7 Å². The summed E-state index contributed by atoms with van der Waals surface area (Å²) in [6.07, 6.45) is 2.51. The van der Waals surface area contributed by atoms with Crippen LogP contribution >= 0.6 is 0 Å². The molecule has 1 aliphatic heterocycles. The molecule has 6 heteroatoms. The van der Waals surface area contributed by atoms with Crippen molar-refractivity contribution in [1.82, 2.24) is 0 Å². The van der Waals surface area contributed by atoms with E-state index in [1.807, 2.05) is 19.9 Å². The lowest BCUT2D eigenvalue weighted by atomic mass is 9.97. The smallest absolute Gasteiger partial charge is 0.336 e. The van der Waals surface area contributed by atoms with Crippen LogP contribution in [0.25, 0.3) is 11.0 Å². The molecule has 0 bridgehead atoms. The van der Waals surface area contributed by atoms with Crippen molar-refractivity contribution in [1.29, 1.82) is 0 Å². The lowest BCUT2D eigenvalue weighted by Crippen LogP contribution is -3.12. The van der Waals surface area contributed by atoms with Crippen LogP contribution in [0.1, 0.15) is 37.8 Å². The third-order valence-electron chi connectivity index (χ3n) is 5.09. The highest BCUT2D eigenvalue weighted by Crippen LogP contribution is 2.26. The molecular weight excluding hydrogens is 334 g/mol. The standard InChI is InChI=1S/C20H25NO5/c1-3-13-8-16-15(9-19(23)26-18(16)10-17(13)22)12-21-7-5-6-14(11-21)20(24)25-4-2/h8-10,14,22H,3-7,11-12H2,1-2H3/p+1/t14-/m1/s1. The summed E-state index contributed by atoms with van der Waals surface area (Å²) in [7, 11) is 0. The van der Waals surface area contributed by atoms with Crippen molar-refractivity contribution < 1.29 is 24.0 Å². The Morgan fingerprint density at radius 1 is 1.31 bits per heavy atom. The van der Waals surface area contributed by atoms with Crippen LogP contribution in [0.3, 0.4) is 0 Å². The van der Waals surface area contributed by atoms with Crippen LogP contribution in [0.2, 0.25) is 0 Å². The molecule has 1 aliphatic rings. The second kappa shape index (κ2) is 7.91. The molecule has 0 radical (unpaired) electrons. The molecule has 140 valence electrons. The SMILES string of the molecule is CCOC(=O)[C@@H]1CCC[NH+](Cc2cc(=O)oc3cc(O)c(CC)cc23)C1. The molecule has 0 amide bonds. The third kappa shape index (κ3) is 3.90. The number of carbonyl (C=O) groups excluding carboxylic acids is 1. The number of nitrogens with one attached hydrogen (secondary N) is 1. The second-order valence-corrected chi connectivity index (χ2v) is 6.89. The monoisotopic (exact) mass is 360 g/mol. The highest BCUT2D eigenvalue weighted by molar-refractivity contribution is 5.82. The number of hydrogen-bond donors (Lipinski definition) is 2. The summed E-state index contributed by atoms with van der Waals surface area (Å²) >= 11 is 0. The maximum atomic E-state index is 12.1. The van der Waals surface area contributed by atoms with Crippen molar-refractivity contribution in [2.24, 2.45) is 5.92 Å². The molecule has 2 N–H and O–H groups in total. The Kier molecular flexibility index (Phi) is 5.61. The van der Waals surface area contributed by atoms with E-state index in [0.29, 0.717) is 31.7 Å². The van der Waals surface area contributed by atoms with Crippen molar-refractivity contribution in [3.8, 4) is 5.75 Å². The molecule has 1 aromatic carbocycles. The summed E-state index contributed by atoms with van der Waals surface area (Å²) in [6, 6.07) is 4.95. The average molecular weight is 360 g/mol. The number of piperidine rings is 1. The molecule has 6 nitrogen and oxygen atoms in total. The molecule has 1 aromatic heterocycles. The second-order valence-electron chi connectivity index (χ2n) is 6.89. The first-order chi connectivity index (χ1) is 12.5. The molecule has 0 saturated carbocycles. The van der Waals surface area contributed by atoms with Gasteiger partial charge in [0.1, 0.15) is 23.8 Å². The number of esters is 1. The zero-order valence-electron chi connectivity index (χ0n) is 15.3. The zero-order valence-corrected chi connectivity index (χ0v) is 15.3. The fraction of sp³-hybridized carbons (Fsp3) is 0.500. The Hall–Kier alpha value is -2.34. The first kappa shape index (κ1) is 18.5. The highest BCUT2D eigenvalue weighted by Gasteiger charge is 2.30. The number of hydrogen-bond acceptors (Lipinski definition) is 5. The number of quaternary nitrogens is 1. The van der Waals surface area contributed by atoms with Gasteiger partial charge in [-0.3, -0.25) is 4.79 Å². The van der Waals surface area contributed by atoms with Gasteiger partial charge in [-0.25, -0.2) is 4.79 Å². The number of aromatic hydroxyl groups is 1. The average Bonchev–Trinajstić information content (AvgIpc) is 2.61. The van der Waals surface area contributed by atoms with E-state index in [0.717, 1.165) is 35.9 Å². The Morgan fingerprint density at radius 2 is 2.12 bits per heavy atom. The van der Waals surface area contributed by atoms with Gasteiger partial charge in [0.25, 0.3) is 0 Å². The Balaban J connectivity index is 1.88. The fourth-order valence-corrected chi connectivity index (χ4v) is 3.78. The maximum absolute atomic E-state index is 12.1. The van der Waals surface area contributed by atoms with Crippen LogP contribution in [-0.4, -0.2) is 30.8 Å². The number of fused-ring (bicyclic) bond motifs is 1. The van der Waals surface area contributed by atoms with Gasteiger partial charge in [-0.15, -0.1) is 0 Å². The quantitative estimate of drug-likeness (QED) is 0.623. The molecule has 2 aromatic rings. The van der Waals surface area contributed by atoms with Crippen LogP contribution in [-0.2, 0) is 22.5 Å². The first-order valence-electron chi connectivity index (χ1n) is 9.30. The molecule has 1 saturated heterocycles. The van der Waals surface area contributed by atoms with Gasteiger partial charge in [0.15, 0.2) is 0 Å². The van der Waals surface area contributed by atoms with E-state index in [-0.39, 0.29) is 17.6 Å². The van der Waals surface area contributed by atoms with Gasteiger partial charge in [0.05, 0.1) is 19.7 Å². The molecular formula is C20H26NO5+. The molecule has 0 spiro atoms. The summed E-state index contributed by atoms with van der Waals surface area (Å²) < 4.78 is 10.4. The summed E-state index contributed by atoms with van der Waals surface area (Å²) in [5, 5.41) is 10.9. The minimum absolute atomic E-state index is 0.0830. The largest absolute Gasteiger partial charge is 0.508 e. The number of aryl methyl sites for hydroxylation is 1. The number of likely N-dealkylation sites (tertiary alicyclic amines) is 1. The predicted octanol–water partition coefficient (Wildman–Crippen LogP) is 1.42. The van der Waals surface area contributed by atoms with Gasteiger partial charge >= 0.3 is 11.6 Å². The highest BCUT2D eigenvalue weighted by atomic mass is 16.5. The zero-order chi connectivity index (χ0) is 18.7. The van der Waals surface area contributed by atoms with E-state index in [4.69, 9.17) is 9.15 Å². The Bertz CT molecular complexity index is 857. The first-order valence-corrected chi connectivity index (χ1v) is 9.30. The van der Waals surface area contributed by atoms with Gasteiger partial charge in [-0.1, -0.05) is 6.92 Å². The van der Waals surface area contributed by atoms with Crippen LogP contribution < -0.4 is 10.5 Å². The molecule has 3 rings (SSSR count). The van der Waals surface area contributed by atoms with Gasteiger partial charge in [0.2, 0.25) is 0 Å². The topological polar surface area (TPSA) is 81.2 Å². The lowest BCUT2D eigenvalue weighted by molar-refractivity contribution is -0.921. The maximum Gasteiger partial charge on any atom is 0.336 e. The lowest BCUT2D eigenvalue weighted by Gasteiger charge is -2.28. The van der Waals surface area contributed by atoms with E-state index >= 15 is 0 Å². The minimum atomic E-state index is -0.422. The number of ether oxygens (including phenoxy) is 1. The van der Waals surface area contributed by atoms with Crippen LogP contribution in [0.4, 0.5) is 0 Å². The molecule has 2 heterocycles. The number of phenols is 1. The Labute approximate surface area is 152 Å². The van der Waals surface area contributed by atoms with Crippen molar-refractivity contribution in [2.75, 3.05) is 19.7 Å². The van der Waals surface area contributed by atoms with Crippen LogP contribution in [0.15, 0.2) is 27.4 Å². The molecule has 1 fully saturated rings. The Morgan fingerprint density at radius 3 is 2.85 bits per heavy atom. The summed E-state index contributed by atoms with van der Waals surface area (Å²) in [4.78, 5) is 25.2. The normalized spacial score (nSPS) is 20.2. The van der Waals surface area contributed by atoms with E-state index in [2.05, 4.69) is 0 Å². The molecule has 26 heavy (non-hydrogen) atoms. The van der Waals surface area contributed by atoms with Gasteiger partial charge in [0, 0.05) is 23.1 Å². The molecule has 2 atom stereocenters. The summed E-state index contributed by atoms with van der Waals surface area (Å²) in [5.41, 5.74) is 1.70. The third-order valence-corrected chi connectivity index (χ3v) is 5.09. The van der Waals surface area contributed by atoms with Crippen molar-refractivity contribution in [2.45, 2.75) is 39.7 Å². The number of carbonyl (C=O) groups is 1. The molecule has 1 unspecified atom stereocenters. The van der Waals surface area contributed by atoms with E-state index in [9.17, 15) is 14.7 Å². The summed E-state index contributed by atoms with van der Waals surface area (Å²) in [6.45, 7) is 6.50. The number of rotatable bonds is 5. The van der Waals surface area contributed by atoms with Gasteiger partial charge in [-0.05, 0) is 37.8 Å². The van der Waals surface area contributed by atoms with Crippen LogP contribution in [0.5, 0.6) is 5.75 Å². The van der Waals surface area contributed by atoms with Crippen molar-refractivity contribution in [3.63, 3.8) is 0 Å². The van der Waals surface area contributed by atoms with E-state index in [1.54, 1.807) is 0 Å². The van der Waals surface area contributed by atoms with Gasteiger partial charge in [-0.2, -0.15) is 0 Å². The van der Waals surface area contributed by atoms with Crippen molar-refractivity contribution >= 4 is 16.9 Å². The van der Waals surface area contributed by atoms with Crippen LogP contribution in [0, 0.1) is 5.92 Å². The molecule has 0 aliphatic carbocycles. The number of phenolic OH excluding ortho intramolecular Hbond substituents is 1. The minimum Gasteiger partial charge on any atom is -0.508 e.